The third-order valence-electron chi connectivity index (χ3n) is 2.85. The molecule has 19 heavy (non-hydrogen) atoms. The lowest BCUT2D eigenvalue weighted by molar-refractivity contribution is 0.567. The van der Waals surface area contributed by atoms with E-state index in [4.69, 9.17) is 0 Å². The first-order chi connectivity index (χ1) is 9.03. The first-order valence-electron chi connectivity index (χ1n) is 6.16. The van der Waals surface area contributed by atoms with E-state index in [1.54, 1.807) is 6.20 Å². The van der Waals surface area contributed by atoms with Crippen molar-refractivity contribution in [2.24, 2.45) is 0 Å². The summed E-state index contributed by atoms with van der Waals surface area (Å²) in [6, 6.07) is 1.96. The maximum atomic E-state index is 11.0. The molecule has 0 spiro atoms. The van der Waals surface area contributed by atoms with Gasteiger partial charge in [0.15, 0.2) is 0 Å². The number of rotatable bonds is 2. The van der Waals surface area contributed by atoms with Gasteiger partial charge >= 0.3 is 0 Å². The van der Waals surface area contributed by atoms with Gasteiger partial charge in [-0.3, -0.25) is 0 Å². The van der Waals surface area contributed by atoms with Crippen LogP contribution in [-0.4, -0.2) is 25.6 Å². The number of aryl methyl sites for hydroxylation is 1. The van der Waals surface area contributed by atoms with Crippen LogP contribution >= 0.6 is 0 Å². The van der Waals surface area contributed by atoms with Crippen LogP contribution in [0.1, 0.15) is 16.8 Å². The van der Waals surface area contributed by atoms with E-state index in [0.717, 1.165) is 28.4 Å². The highest BCUT2D eigenvalue weighted by Crippen LogP contribution is 2.20. The van der Waals surface area contributed by atoms with Crippen LogP contribution in [0.3, 0.4) is 0 Å². The molecule has 1 aromatic heterocycles. The summed E-state index contributed by atoms with van der Waals surface area (Å²) in [6.45, 7) is 6.60. The van der Waals surface area contributed by atoms with Gasteiger partial charge in [0.05, 0.1) is 12.4 Å². The predicted octanol–water partition coefficient (Wildman–Crippen LogP) is 1.21. The summed E-state index contributed by atoms with van der Waals surface area (Å²) in [5, 5.41) is 6.36. The van der Waals surface area contributed by atoms with Gasteiger partial charge in [-0.25, -0.2) is 4.98 Å². The predicted molar refractivity (Wildman–Crippen MR) is 79.2 cm³/mol. The van der Waals surface area contributed by atoms with Crippen molar-refractivity contribution in [2.75, 3.05) is 6.67 Å². The van der Waals surface area contributed by atoms with Crippen molar-refractivity contribution in [3.8, 4) is 11.5 Å². The van der Waals surface area contributed by atoms with Crippen LogP contribution in [0.4, 0.5) is 0 Å². The van der Waals surface area contributed by atoms with E-state index in [2.05, 4.69) is 27.1 Å². The first kappa shape index (κ1) is 13.4. The summed E-state index contributed by atoms with van der Waals surface area (Å²) in [6.07, 6.45) is 3.68. The van der Waals surface area contributed by atoms with Crippen molar-refractivity contribution >= 4 is 19.7 Å². The van der Waals surface area contributed by atoms with E-state index < -0.39 is 8.07 Å². The third-order valence-corrected chi connectivity index (χ3v) is 4.21. The minimum Gasteiger partial charge on any atom is -0.372 e. The van der Waals surface area contributed by atoms with E-state index in [-0.39, 0.29) is 0 Å². The molecule has 98 valence electrons. The average molecular weight is 271 g/mol. The van der Waals surface area contributed by atoms with Crippen LogP contribution in [0.2, 0.25) is 13.1 Å². The zero-order valence-electron chi connectivity index (χ0n) is 11.4. The van der Waals surface area contributed by atoms with Gasteiger partial charge in [0.2, 0.25) is 8.07 Å². The van der Waals surface area contributed by atoms with Gasteiger partial charge in [0.25, 0.3) is 0 Å². The lowest BCUT2D eigenvalue weighted by atomic mass is 10.1. The van der Waals surface area contributed by atoms with Crippen molar-refractivity contribution < 1.29 is 4.79 Å². The lowest BCUT2D eigenvalue weighted by Gasteiger charge is -2.09. The molecule has 0 saturated heterocycles. The molecule has 2 heterocycles. The van der Waals surface area contributed by atoms with Gasteiger partial charge in [-0.05, 0) is 18.6 Å². The van der Waals surface area contributed by atoms with Crippen LogP contribution in [-0.2, 0) is 4.79 Å². The number of carbonyl (C=O) groups is 1. The molecule has 0 aromatic carbocycles. The standard InChI is InChI=1S/C14H17N3OSi/c1-11-4-6-16-12(5-7-19(2,3)10-18)14(11)13-8-15-9-17-13/h4,6,8,10,15,17H,9H2,1-3H3. The molecule has 0 saturated carbocycles. The van der Waals surface area contributed by atoms with Gasteiger partial charge in [0.1, 0.15) is 11.6 Å². The molecular weight excluding hydrogens is 254 g/mol. The highest BCUT2D eigenvalue weighted by atomic mass is 28.3. The summed E-state index contributed by atoms with van der Waals surface area (Å²) in [4.78, 5) is 15.3. The van der Waals surface area contributed by atoms with Crippen LogP contribution in [0.25, 0.3) is 5.70 Å². The molecular formula is C14H17N3OSi. The quantitative estimate of drug-likeness (QED) is 0.482. The minimum absolute atomic E-state index is 0.713. The van der Waals surface area contributed by atoms with E-state index in [1.807, 2.05) is 32.3 Å². The first-order valence-corrected chi connectivity index (χ1v) is 9.24. The Morgan fingerprint density at radius 2 is 2.26 bits per heavy atom. The van der Waals surface area contributed by atoms with Gasteiger partial charge in [-0.2, -0.15) is 0 Å². The third kappa shape index (κ3) is 3.03. The van der Waals surface area contributed by atoms with E-state index in [0.29, 0.717) is 6.67 Å². The zero-order chi connectivity index (χ0) is 13.9. The normalized spacial score (nSPS) is 13.7. The number of nitrogens with one attached hydrogen (secondary N) is 2. The second-order valence-corrected chi connectivity index (χ2v) is 8.99. The topological polar surface area (TPSA) is 54.0 Å². The monoisotopic (exact) mass is 271 g/mol. The van der Waals surface area contributed by atoms with Crippen LogP contribution < -0.4 is 10.6 Å². The van der Waals surface area contributed by atoms with E-state index >= 15 is 0 Å². The van der Waals surface area contributed by atoms with Gasteiger partial charge in [-0.1, -0.05) is 19.0 Å². The van der Waals surface area contributed by atoms with Crippen LogP contribution in [0.15, 0.2) is 18.5 Å². The minimum atomic E-state index is -2.08. The van der Waals surface area contributed by atoms with Gasteiger partial charge in [-0.15, -0.1) is 5.54 Å². The molecule has 1 aromatic rings. The highest BCUT2D eigenvalue weighted by Gasteiger charge is 2.17. The number of carbonyl (C=O) groups excluding carboxylic acids is 1. The molecule has 0 radical (unpaired) electrons. The maximum Gasteiger partial charge on any atom is 0.203 e. The Balaban J connectivity index is 2.46. The number of nitrogens with zero attached hydrogens (tertiary/aromatic N) is 1. The maximum absolute atomic E-state index is 11.0. The largest absolute Gasteiger partial charge is 0.372 e. The molecule has 0 fully saturated rings. The molecule has 0 aliphatic carbocycles. The molecule has 1 aliphatic rings. The van der Waals surface area contributed by atoms with Crippen molar-refractivity contribution in [1.29, 1.82) is 0 Å². The fourth-order valence-electron chi connectivity index (χ4n) is 1.75. The van der Waals surface area contributed by atoms with Crippen molar-refractivity contribution in [1.82, 2.24) is 15.6 Å². The number of hydrogen-bond acceptors (Lipinski definition) is 4. The smallest absolute Gasteiger partial charge is 0.203 e. The van der Waals surface area contributed by atoms with Crippen molar-refractivity contribution in [3.05, 3.63) is 35.3 Å². The lowest BCUT2D eigenvalue weighted by Crippen LogP contribution is -2.25. The number of aromatic nitrogens is 1. The molecule has 5 heteroatoms. The molecule has 0 atom stereocenters. The van der Waals surface area contributed by atoms with Crippen LogP contribution in [0, 0.1) is 18.4 Å². The molecule has 0 amide bonds. The van der Waals surface area contributed by atoms with Crippen molar-refractivity contribution in [2.45, 2.75) is 20.0 Å². The molecule has 2 N–H and O–H groups in total. The molecule has 4 nitrogen and oxygen atoms in total. The highest BCUT2D eigenvalue weighted by molar-refractivity contribution is 7.05. The number of pyridine rings is 1. The Morgan fingerprint density at radius 3 is 2.89 bits per heavy atom. The SMILES string of the molecule is Cc1ccnc(C#C[Si](C)(C)C=O)c1C1=CNCN1. The van der Waals surface area contributed by atoms with E-state index in [1.165, 1.54) is 0 Å². The Morgan fingerprint density at radius 1 is 1.47 bits per heavy atom. The van der Waals surface area contributed by atoms with Gasteiger partial charge in [0, 0.05) is 18.0 Å². The summed E-state index contributed by atoms with van der Waals surface area (Å²) >= 11 is 0. The number of hydrogen-bond donors (Lipinski definition) is 2. The Kier molecular flexibility index (Phi) is 3.72. The molecule has 1 aliphatic heterocycles. The zero-order valence-corrected chi connectivity index (χ0v) is 12.4. The Bertz CT molecular complexity index is 596. The summed E-state index contributed by atoms with van der Waals surface area (Å²) in [5.41, 5.74) is 6.95. The Hall–Kier alpha value is -2.06. The molecule has 0 unspecified atom stereocenters. The molecule has 2 rings (SSSR count). The van der Waals surface area contributed by atoms with E-state index in [9.17, 15) is 4.79 Å². The van der Waals surface area contributed by atoms with Crippen LogP contribution in [0.5, 0.6) is 0 Å². The van der Waals surface area contributed by atoms with Gasteiger partial charge < -0.3 is 15.4 Å². The average Bonchev–Trinajstić information content (AvgIpc) is 2.90. The fraction of sp³-hybridized carbons (Fsp3) is 0.286. The Labute approximate surface area is 114 Å². The molecule has 0 bridgehead atoms. The summed E-state index contributed by atoms with van der Waals surface area (Å²) in [7, 11) is -2.08. The fourth-order valence-corrected chi connectivity index (χ4v) is 2.25. The second-order valence-electron chi connectivity index (χ2n) is 5.06. The van der Waals surface area contributed by atoms with Crippen molar-refractivity contribution in [3.63, 3.8) is 0 Å². The summed E-state index contributed by atoms with van der Waals surface area (Å²) < 4.78 is 0. The summed E-state index contributed by atoms with van der Waals surface area (Å²) in [5.74, 6) is 4.07. The second kappa shape index (κ2) is 5.29.